The fourth-order valence-electron chi connectivity index (χ4n) is 2.53. The zero-order chi connectivity index (χ0) is 21.1. The van der Waals surface area contributed by atoms with Crippen molar-refractivity contribution in [3.8, 4) is 6.07 Å². The lowest BCUT2D eigenvalue weighted by Crippen LogP contribution is -2.35. The van der Waals surface area contributed by atoms with Crippen LogP contribution in [0.2, 0.25) is 5.02 Å². The first-order valence-electron chi connectivity index (χ1n) is 9.04. The molecule has 0 heterocycles. The number of nitriles is 1. The molecule has 0 radical (unpaired) electrons. The summed E-state index contributed by atoms with van der Waals surface area (Å²) in [6.07, 6.45) is 0.117. The van der Waals surface area contributed by atoms with Crippen molar-refractivity contribution in [1.82, 2.24) is 5.32 Å². The number of amides is 3. The standard InChI is InChI=1S/C21H21ClN4O3/c22-16-7-9-17(10-8-16)25-20(28)15-24-19(27)11-12-21(29)26(14-4-13-23)18-5-2-1-3-6-18/h1-3,5-10H,4,11-12,14-15H2,(H,24,27)(H,25,28). The van der Waals surface area contributed by atoms with E-state index in [2.05, 4.69) is 10.6 Å². The van der Waals surface area contributed by atoms with Crippen molar-refractivity contribution < 1.29 is 14.4 Å². The number of nitrogens with zero attached hydrogens (tertiary/aromatic N) is 2. The molecule has 150 valence electrons. The van der Waals surface area contributed by atoms with Gasteiger partial charge in [0.25, 0.3) is 0 Å². The number of carbonyl (C=O) groups excluding carboxylic acids is 3. The van der Waals surface area contributed by atoms with Gasteiger partial charge in [-0.2, -0.15) is 5.26 Å². The van der Waals surface area contributed by atoms with Gasteiger partial charge in [-0.15, -0.1) is 0 Å². The molecular formula is C21H21ClN4O3. The first-order valence-corrected chi connectivity index (χ1v) is 9.42. The molecule has 0 unspecified atom stereocenters. The highest BCUT2D eigenvalue weighted by Crippen LogP contribution is 2.16. The van der Waals surface area contributed by atoms with Gasteiger partial charge in [0.15, 0.2) is 0 Å². The van der Waals surface area contributed by atoms with Gasteiger partial charge in [0.2, 0.25) is 17.7 Å². The molecule has 7 nitrogen and oxygen atoms in total. The normalized spacial score (nSPS) is 9.93. The van der Waals surface area contributed by atoms with Crippen LogP contribution in [0.3, 0.4) is 0 Å². The molecule has 0 saturated carbocycles. The van der Waals surface area contributed by atoms with E-state index in [0.29, 0.717) is 16.4 Å². The minimum atomic E-state index is -0.405. The Kier molecular flexibility index (Phi) is 8.67. The van der Waals surface area contributed by atoms with E-state index in [1.54, 1.807) is 48.5 Å². The Morgan fingerprint density at radius 3 is 2.31 bits per heavy atom. The third kappa shape index (κ3) is 7.64. The molecule has 2 aromatic carbocycles. The molecule has 2 rings (SSSR count). The van der Waals surface area contributed by atoms with E-state index in [1.165, 1.54) is 4.90 Å². The predicted octanol–water partition coefficient (Wildman–Crippen LogP) is 3.12. The molecule has 0 spiro atoms. The SMILES string of the molecule is N#CCCN(C(=O)CCC(=O)NCC(=O)Nc1ccc(Cl)cc1)c1ccccc1. The van der Waals surface area contributed by atoms with Crippen LogP contribution in [-0.2, 0) is 14.4 Å². The summed E-state index contributed by atoms with van der Waals surface area (Å²) in [5, 5.41) is 14.5. The Morgan fingerprint density at radius 1 is 0.966 bits per heavy atom. The molecule has 0 atom stereocenters. The third-order valence-electron chi connectivity index (χ3n) is 3.96. The Morgan fingerprint density at radius 2 is 1.66 bits per heavy atom. The number of rotatable bonds is 9. The first-order chi connectivity index (χ1) is 14.0. The van der Waals surface area contributed by atoms with Crippen molar-refractivity contribution >= 4 is 40.7 Å². The average Bonchev–Trinajstić information content (AvgIpc) is 2.73. The lowest BCUT2D eigenvalue weighted by Gasteiger charge is -2.21. The van der Waals surface area contributed by atoms with Crippen molar-refractivity contribution in [2.24, 2.45) is 0 Å². The number of hydrogen-bond donors (Lipinski definition) is 2. The number of halogens is 1. The van der Waals surface area contributed by atoms with E-state index in [-0.39, 0.29) is 44.2 Å². The van der Waals surface area contributed by atoms with E-state index in [4.69, 9.17) is 16.9 Å². The minimum Gasteiger partial charge on any atom is -0.347 e. The number of nitrogens with one attached hydrogen (secondary N) is 2. The van der Waals surface area contributed by atoms with Crippen molar-refractivity contribution in [1.29, 1.82) is 5.26 Å². The third-order valence-corrected chi connectivity index (χ3v) is 4.21. The zero-order valence-corrected chi connectivity index (χ0v) is 16.5. The molecular weight excluding hydrogens is 392 g/mol. The Balaban J connectivity index is 1.79. The predicted molar refractivity (Wildman–Crippen MR) is 111 cm³/mol. The Labute approximate surface area is 174 Å². The summed E-state index contributed by atoms with van der Waals surface area (Å²) < 4.78 is 0. The maximum Gasteiger partial charge on any atom is 0.243 e. The van der Waals surface area contributed by atoms with Gasteiger partial charge in [-0.1, -0.05) is 29.8 Å². The van der Waals surface area contributed by atoms with E-state index in [9.17, 15) is 14.4 Å². The smallest absolute Gasteiger partial charge is 0.243 e. The van der Waals surface area contributed by atoms with Crippen LogP contribution in [-0.4, -0.2) is 30.8 Å². The van der Waals surface area contributed by atoms with Crippen LogP contribution in [0.4, 0.5) is 11.4 Å². The second-order valence-electron chi connectivity index (χ2n) is 6.12. The monoisotopic (exact) mass is 412 g/mol. The first kappa shape index (κ1) is 21.9. The minimum absolute atomic E-state index is 0.0229. The van der Waals surface area contributed by atoms with Gasteiger partial charge in [-0.05, 0) is 36.4 Å². The second kappa shape index (κ2) is 11.5. The molecule has 29 heavy (non-hydrogen) atoms. The van der Waals surface area contributed by atoms with Crippen LogP contribution in [0.5, 0.6) is 0 Å². The highest BCUT2D eigenvalue weighted by Gasteiger charge is 2.17. The van der Waals surface area contributed by atoms with E-state index >= 15 is 0 Å². The molecule has 2 N–H and O–H groups in total. The van der Waals surface area contributed by atoms with Gasteiger partial charge in [0, 0.05) is 35.8 Å². The molecule has 0 aromatic heterocycles. The van der Waals surface area contributed by atoms with Crippen molar-refractivity contribution in [2.45, 2.75) is 19.3 Å². The fraction of sp³-hybridized carbons (Fsp3) is 0.238. The average molecular weight is 413 g/mol. The summed E-state index contributed by atoms with van der Waals surface area (Å²) in [4.78, 5) is 37.9. The summed E-state index contributed by atoms with van der Waals surface area (Å²) in [5.74, 6) is -1.04. The summed E-state index contributed by atoms with van der Waals surface area (Å²) >= 11 is 5.78. The topological polar surface area (TPSA) is 102 Å². The molecule has 2 aromatic rings. The lowest BCUT2D eigenvalue weighted by molar-refractivity contribution is -0.126. The maximum atomic E-state index is 12.5. The Bertz CT molecular complexity index is 879. The molecule has 0 saturated heterocycles. The summed E-state index contributed by atoms with van der Waals surface area (Å²) in [6.45, 7) is 0.0525. The summed E-state index contributed by atoms with van der Waals surface area (Å²) in [5.41, 5.74) is 1.25. The summed E-state index contributed by atoms with van der Waals surface area (Å²) in [6, 6.07) is 17.6. The van der Waals surface area contributed by atoms with E-state index in [0.717, 1.165) is 0 Å². The largest absolute Gasteiger partial charge is 0.347 e. The number of carbonyl (C=O) groups is 3. The number of para-hydroxylation sites is 1. The number of hydrogen-bond acceptors (Lipinski definition) is 4. The van der Waals surface area contributed by atoms with Crippen LogP contribution in [0.15, 0.2) is 54.6 Å². The highest BCUT2D eigenvalue weighted by molar-refractivity contribution is 6.30. The molecule has 0 fully saturated rings. The molecule has 0 bridgehead atoms. The fourth-order valence-corrected chi connectivity index (χ4v) is 2.65. The second-order valence-corrected chi connectivity index (χ2v) is 6.56. The van der Waals surface area contributed by atoms with Gasteiger partial charge in [0.05, 0.1) is 19.0 Å². The number of benzene rings is 2. The maximum absolute atomic E-state index is 12.5. The quantitative estimate of drug-likeness (QED) is 0.660. The van der Waals surface area contributed by atoms with Crippen LogP contribution >= 0.6 is 11.6 Å². The molecule has 0 aliphatic heterocycles. The van der Waals surface area contributed by atoms with Gasteiger partial charge in [-0.3, -0.25) is 14.4 Å². The van der Waals surface area contributed by atoms with Crippen LogP contribution < -0.4 is 15.5 Å². The van der Waals surface area contributed by atoms with Gasteiger partial charge >= 0.3 is 0 Å². The zero-order valence-electron chi connectivity index (χ0n) is 15.7. The molecule has 0 aliphatic rings. The highest BCUT2D eigenvalue weighted by atomic mass is 35.5. The van der Waals surface area contributed by atoms with Crippen molar-refractivity contribution in [3.05, 3.63) is 59.6 Å². The summed E-state index contributed by atoms with van der Waals surface area (Å²) in [7, 11) is 0. The molecule has 8 heteroatoms. The van der Waals surface area contributed by atoms with Crippen LogP contribution in [0, 0.1) is 11.3 Å². The van der Waals surface area contributed by atoms with Crippen LogP contribution in [0.1, 0.15) is 19.3 Å². The lowest BCUT2D eigenvalue weighted by atomic mass is 10.2. The van der Waals surface area contributed by atoms with Crippen LogP contribution in [0.25, 0.3) is 0 Å². The van der Waals surface area contributed by atoms with Crippen molar-refractivity contribution in [2.75, 3.05) is 23.3 Å². The van der Waals surface area contributed by atoms with Gasteiger partial charge in [0.1, 0.15) is 0 Å². The molecule has 3 amide bonds. The van der Waals surface area contributed by atoms with Gasteiger partial charge < -0.3 is 15.5 Å². The number of anilines is 2. The molecule has 0 aliphatic carbocycles. The van der Waals surface area contributed by atoms with Gasteiger partial charge in [-0.25, -0.2) is 0 Å². The Hall–Kier alpha value is -3.37. The van der Waals surface area contributed by atoms with Crippen molar-refractivity contribution in [3.63, 3.8) is 0 Å². The van der Waals surface area contributed by atoms with E-state index < -0.39 is 5.91 Å². The van der Waals surface area contributed by atoms with E-state index in [1.807, 2.05) is 12.1 Å².